The second-order valence-electron chi connectivity index (χ2n) is 4.47. The van der Waals surface area contributed by atoms with Crippen LogP contribution in [0.15, 0.2) is 42.5 Å². The predicted octanol–water partition coefficient (Wildman–Crippen LogP) is 3.98. The van der Waals surface area contributed by atoms with Crippen LogP contribution < -0.4 is 10.5 Å². The number of nitrogens with two attached hydrogens (primary N) is 1. The maximum absolute atomic E-state index is 5.93. The van der Waals surface area contributed by atoms with Crippen molar-refractivity contribution in [1.82, 2.24) is 0 Å². The predicted molar refractivity (Wildman–Crippen MR) is 83.0 cm³/mol. The van der Waals surface area contributed by atoms with Crippen molar-refractivity contribution < 1.29 is 4.74 Å². The molecule has 0 heterocycles. The standard InChI is InChI=1S/C16H17NOS/c1-3-12-5-4-6-13(10-12)18-15-9-11(2)7-8-14(15)16(17)19/h4-10H,3H2,1-2H3,(H2,17,19). The van der Waals surface area contributed by atoms with Gasteiger partial charge in [0, 0.05) is 0 Å². The number of benzene rings is 2. The van der Waals surface area contributed by atoms with Gasteiger partial charge in [0.25, 0.3) is 0 Å². The quantitative estimate of drug-likeness (QED) is 0.854. The molecule has 2 aromatic rings. The fraction of sp³-hybridized carbons (Fsp3) is 0.188. The summed E-state index contributed by atoms with van der Waals surface area (Å²) >= 11 is 5.06. The summed E-state index contributed by atoms with van der Waals surface area (Å²) < 4.78 is 5.93. The van der Waals surface area contributed by atoms with Crippen molar-refractivity contribution >= 4 is 17.2 Å². The smallest absolute Gasteiger partial charge is 0.137 e. The molecule has 0 unspecified atom stereocenters. The Hall–Kier alpha value is -1.87. The third-order valence-electron chi connectivity index (χ3n) is 2.94. The Bertz CT molecular complexity index is 607. The Balaban J connectivity index is 2.36. The number of ether oxygens (including phenoxy) is 1. The number of hydrogen-bond donors (Lipinski definition) is 1. The molecule has 2 rings (SSSR count). The first kappa shape index (κ1) is 13.6. The molecule has 2 nitrogen and oxygen atoms in total. The molecule has 0 amide bonds. The summed E-state index contributed by atoms with van der Waals surface area (Å²) in [4.78, 5) is 0.349. The molecule has 19 heavy (non-hydrogen) atoms. The van der Waals surface area contributed by atoms with Gasteiger partial charge in [-0.3, -0.25) is 0 Å². The minimum atomic E-state index is 0.349. The summed E-state index contributed by atoms with van der Waals surface area (Å²) in [5.41, 5.74) is 8.84. The molecule has 3 heteroatoms. The summed E-state index contributed by atoms with van der Waals surface area (Å²) in [6, 6.07) is 13.9. The van der Waals surface area contributed by atoms with Gasteiger partial charge in [0.2, 0.25) is 0 Å². The SMILES string of the molecule is CCc1cccc(Oc2cc(C)ccc2C(N)=S)c1. The Morgan fingerprint density at radius 3 is 2.68 bits per heavy atom. The number of rotatable bonds is 4. The molecular formula is C16H17NOS. The highest BCUT2D eigenvalue weighted by atomic mass is 32.1. The van der Waals surface area contributed by atoms with Crippen LogP contribution in [0.4, 0.5) is 0 Å². The second-order valence-corrected chi connectivity index (χ2v) is 4.91. The molecule has 0 saturated carbocycles. The molecule has 0 aliphatic rings. The lowest BCUT2D eigenvalue weighted by molar-refractivity contribution is 0.480. The maximum Gasteiger partial charge on any atom is 0.137 e. The van der Waals surface area contributed by atoms with Gasteiger partial charge in [0.05, 0.1) is 5.56 Å². The van der Waals surface area contributed by atoms with E-state index in [0.29, 0.717) is 10.7 Å². The minimum Gasteiger partial charge on any atom is -0.457 e. The van der Waals surface area contributed by atoms with Crippen molar-refractivity contribution in [1.29, 1.82) is 0 Å². The first-order valence-corrected chi connectivity index (χ1v) is 6.68. The van der Waals surface area contributed by atoms with E-state index < -0.39 is 0 Å². The summed E-state index contributed by atoms with van der Waals surface area (Å²) in [7, 11) is 0. The van der Waals surface area contributed by atoms with Gasteiger partial charge in [-0.2, -0.15) is 0 Å². The van der Waals surface area contributed by atoms with E-state index in [9.17, 15) is 0 Å². The second kappa shape index (κ2) is 5.85. The molecule has 98 valence electrons. The van der Waals surface area contributed by atoms with Crippen molar-refractivity contribution in [2.75, 3.05) is 0 Å². The van der Waals surface area contributed by atoms with Crippen LogP contribution >= 0.6 is 12.2 Å². The van der Waals surface area contributed by atoms with Crippen LogP contribution in [-0.4, -0.2) is 4.99 Å². The molecule has 0 aliphatic heterocycles. The lowest BCUT2D eigenvalue weighted by Crippen LogP contribution is -2.10. The fourth-order valence-electron chi connectivity index (χ4n) is 1.87. The van der Waals surface area contributed by atoms with Crippen molar-refractivity contribution in [3.63, 3.8) is 0 Å². The Labute approximate surface area is 119 Å². The molecule has 2 N–H and O–H groups in total. The van der Waals surface area contributed by atoms with Gasteiger partial charge in [-0.25, -0.2) is 0 Å². The molecule has 0 bridgehead atoms. The van der Waals surface area contributed by atoms with Crippen LogP contribution in [-0.2, 0) is 6.42 Å². The number of thiocarbonyl (C=S) groups is 1. The van der Waals surface area contributed by atoms with Crippen molar-refractivity contribution in [3.8, 4) is 11.5 Å². The number of aryl methyl sites for hydroxylation is 2. The largest absolute Gasteiger partial charge is 0.457 e. The molecule has 0 fully saturated rings. The van der Waals surface area contributed by atoms with Crippen LogP contribution in [0, 0.1) is 6.92 Å². The van der Waals surface area contributed by atoms with E-state index in [4.69, 9.17) is 22.7 Å². The van der Waals surface area contributed by atoms with Gasteiger partial charge in [-0.05, 0) is 48.7 Å². The van der Waals surface area contributed by atoms with E-state index in [1.165, 1.54) is 5.56 Å². The summed E-state index contributed by atoms with van der Waals surface area (Å²) in [6.07, 6.45) is 0.979. The highest BCUT2D eigenvalue weighted by molar-refractivity contribution is 7.80. The first-order chi connectivity index (χ1) is 9.10. The number of hydrogen-bond acceptors (Lipinski definition) is 2. The summed E-state index contributed by atoms with van der Waals surface area (Å²) in [5, 5.41) is 0. The monoisotopic (exact) mass is 271 g/mol. The van der Waals surface area contributed by atoms with Gasteiger partial charge >= 0.3 is 0 Å². The molecule has 0 radical (unpaired) electrons. The first-order valence-electron chi connectivity index (χ1n) is 6.27. The van der Waals surface area contributed by atoms with Crippen LogP contribution in [0.3, 0.4) is 0 Å². The summed E-state index contributed by atoms with van der Waals surface area (Å²) in [5.74, 6) is 1.52. The van der Waals surface area contributed by atoms with Crippen LogP contribution in [0.2, 0.25) is 0 Å². The van der Waals surface area contributed by atoms with Crippen LogP contribution in [0.1, 0.15) is 23.6 Å². The van der Waals surface area contributed by atoms with E-state index in [0.717, 1.165) is 23.3 Å². The van der Waals surface area contributed by atoms with Gasteiger partial charge in [0.15, 0.2) is 0 Å². The molecule has 0 aliphatic carbocycles. The average molecular weight is 271 g/mol. The van der Waals surface area contributed by atoms with E-state index in [2.05, 4.69) is 13.0 Å². The van der Waals surface area contributed by atoms with E-state index in [-0.39, 0.29) is 0 Å². The van der Waals surface area contributed by atoms with Gasteiger partial charge in [-0.15, -0.1) is 0 Å². The molecule has 0 spiro atoms. The molecule has 0 aromatic heterocycles. The molecular weight excluding hydrogens is 254 g/mol. The summed E-state index contributed by atoms with van der Waals surface area (Å²) in [6.45, 7) is 4.13. The van der Waals surface area contributed by atoms with Gasteiger partial charge in [0.1, 0.15) is 16.5 Å². The highest BCUT2D eigenvalue weighted by Crippen LogP contribution is 2.27. The Morgan fingerprint density at radius 1 is 1.21 bits per heavy atom. The van der Waals surface area contributed by atoms with E-state index >= 15 is 0 Å². The van der Waals surface area contributed by atoms with Crippen molar-refractivity contribution in [2.24, 2.45) is 5.73 Å². The minimum absolute atomic E-state index is 0.349. The Kier molecular flexibility index (Phi) is 4.17. The van der Waals surface area contributed by atoms with E-state index in [1.807, 2.05) is 43.3 Å². The molecule has 2 aromatic carbocycles. The zero-order valence-corrected chi connectivity index (χ0v) is 12.0. The lowest BCUT2D eigenvalue weighted by Gasteiger charge is -2.12. The van der Waals surface area contributed by atoms with Crippen molar-refractivity contribution in [3.05, 3.63) is 59.2 Å². The van der Waals surface area contributed by atoms with Gasteiger partial charge < -0.3 is 10.5 Å². The van der Waals surface area contributed by atoms with E-state index in [1.54, 1.807) is 0 Å². The zero-order valence-electron chi connectivity index (χ0n) is 11.1. The topological polar surface area (TPSA) is 35.2 Å². The average Bonchev–Trinajstić information content (AvgIpc) is 2.38. The highest BCUT2D eigenvalue weighted by Gasteiger charge is 2.08. The zero-order chi connectivity index (χ0) is 13.8. The third kappa shape index (κ3) is 3.32. The normalized spacial score (nSPS) is 10.2. The van der Waals surface area contributed by atoms with Crippen LogP contribution in [0.5, 0.6) is 11.5 Å². The van der Waals surface area contributed by atoms with Crippen LogP contribution in [0.25, 0.3) is 0 Å². The fourth-order valence-corrected chi connectivity index (χ4v) is 2.04. The van der Waals surface area contributed by atoms with Crippen molar-refractivity contribution in [2.45, 2.75) is 20.3 Å². The molecule has 0 atom stereocenters. The Morgan fingerprint density at radius 2 is 2.00 bits per heavy atom. The third-order valence-corrected chi connectivity index (χ3v) is 3.16. The maximum atomic E-state index is 5.93. The molecule has 0 saturated heterocycles. The lowest BCUT2D eigenvalue weighted by atomic mass is 10.1. The van der Waals surface area contributed by atoms with Gasteiger partial charge in [-0.1, -0.05) is 37.3 Å².